The molecule has 2 bridgehead atoms. The standard InChI is InChI=1S/C13H24N2O2/c1-10(2)14(3)13(12(16)17-4)9-15-7-5-11(13)6-8-15/h10-11H,5-9H2,1-4H3. The van der Waals surface area contributed by atoms with Gasteiger partial charge in [0.15, 0.2) is 0 Å². The summed E-state index contributed by atoms with van der Waals surface area (Å²) in [5.74, 6) is 0.399. The van der Waals surface area contributed by atoms with Gasteiger partial charge >= 0.3 is 5.97 Å². The van der Waals surface area contributed by atoms with Gasteiger partial charge in [0.05, 0.1) is 7.11 Å². The van der Waals surface area contributed by atoms with Crippen LogP contribution in [0.5, 0.6) is 0 Å². The van der Waals surface area contributed by atoms with E-state index in [0.29, 0.717) is 12.0 Å². The van der Waals surface area contributed by atoms with Crippen LogP contribution in [0.25, 0.3) is 0 Å². The highest BCUT2D eigenvalue weighted by Gasteiger charge is 2.55. The van der Waals surface area contributed by atoms with E-state index in [9.17, 15) is 4.79 Å². The summed E-state index contributed by atoms with van der Waals surface area (Å²) in [5, 5.41) is 0. The quantitative estimate of drug-likeness (QED) is 0.688. The van der Waals surface area contributed by atoms with Crippen LogP contribution in [-0.4, -0.2) is 61.1 Å². The minimum atomic E-state index is -0.417. The zero-order valence-corrected chi connectivity index (χ0v) is 11.4. The lowest BCUT2D eigenvalue weighted by atomic mass is 9.71. The highest BCUT2D eigenvalue weighted by Crippen LogP contribution is 2.40. The molecule has 4 nitrogen and oxygen atoms in total. The Morgan fingerprint density at radius 2 is 2.00 bits per heavy atom. The van der Waals surface area contributed by atoms with E-state index in [1.54, 1.807) is 0 Å². The van der Waals surface area contributed by atoms with Crippen molar-refractivity contribution in [2.24, 2.45) is 5.92 Å². The lowest BCUT2D eigenvalue weighted by molar-refractivity contribution is -0.171. The van der Waals surface area contributed by atoms with Gasteiger partial charge in [0.1, 0.15) is 5.54 Å². The molecule has 0 aromatic rings. The first kappa shape index (κ1) is 12.8. The smallest absolute Gasteiger partial charge is 0.327 e. The van der Waals surface area contributed by atoms with Crippen molar-refractivity contribution in [3.8, 4) is 0 Å². The van der Waals surface area contributed by atoms with E-state index in [1.807, 2.05) is 0 Å². The van der Waals surface area contributed by atoms with Gasteiger partial charge in [-0.05, 0) is 52.7 Å². The molecule has 0 spiro atoms. The second-order valence-corrected chi connectivity index (χ2v) is 5.67. The number of likely N-dealkylation sites (N-methyl/N-ethyl adjacent to an activating group) is 1. The third kappa shape index (κ3) is 1.87. The Balaban J connectivity index is 2.34. The van der Waals surface area contributed by atoms with Crippen molar-refractivity contribution in [1.29, 1.82) is 0 Å². The van der Waals surface area contributed by atoms with Gasteiger partial charge in [0, 0.05) is 12.6 Å². The number of hydrogen-bond donors (Lipinski definition) is 0. The van der Waals surface area contributed by atoms with Crippen molar-refractivity contribution in [1.82, 2.24) is 9.80 Å². The number of carbonyl (C=O) groups excluding carboxylic acids is 1. The number of nitrogens with zero attached hydrogens (tertiary/aromatic N) is 2. The highest BCUT2D eigenvalue weighted by molar-refractivity contribution is 5.82. The normalized spacial score (nSPS) is 36.6. The van der Waals surface area contributed by atoms with E-state index in [2.05, 4.69) is 30.7 Å². The number of hydrogen-bond acceptors (Lipinski definition) is 4. The topological polar surface area (TPSA) is 32.8 Å². The predicted molar refractivity (Wildman–Crippen MR) is 66.8 cm³/mol. The number of fused-ring (bicyclic) bond motifs is 3. The largest absolute Gasteiger partial charge is 0.468 e. The number of ether oxygens (including phenoxy) is 1. The molecular weight excluding hydrogens is 216 g/mol. The van der Waals surface area contributed by atoms with Crippen molar-refractivity contribution in [3.05, 3.63) is 0 Å². The molecule has 3 rings (SSSR count). The molecule has 0 aromatic carbocycles. The molecule has 17 heavy (non-hydrogen) atoms. The van der Waals surface area contributed by atoms with Crippen molar-refractivity contribution >= 4 is 5.97 Å². The fourth-order valence-corrected chi connectivity index (χ4v) is 3.45. The molecule has 0 aliphatic carbocycles. The Kier molecular flexibility index (Phi) is 3.46. The fraction of sp³-hybridized carbons (Fsp3) is 0.923. The van der Waals surface area contributed by atoms with Crippen LogP contribution in [-0.2, 0) is 9.53 Å². The molecule has 0 N–H and O–H groups in total. The average molecular weight is 240 g/mol. The minimum Gasteiger partial charge on any atom is -0.468 e. The number of esters is 1. The average Bonchev–Trinajstić information content (AvgIpc) is 2.37. The molecule has 0 amide bonds. The molecule has 0 aromatic heterocycles. The number of carbonyl (C=O) groups is 1. The van der Waals surface area contributed by atoms with Gasteiger partial charge in [-0.2, -0.15) is 0 Å². The summed E-state index contributed by atoms with van der Waals surface area (Å²) < 4.78 is 5.11. The molecule has 1 atom stereocenters. The molecule has 98 valence electrons. The lowest BCUT2D eigenvalue weighted by Crippen LogP contribution is -2.71. The summed E-state index contributed by atoms with van der Waals surface area (Å²) in [6.45, 7) is 7.38. The third-order valence-electron chi connectivity index (χ3n) is 4.67. The molecule has 3 heterocycles. The van der Waals surface area contributed by atoms with Crippen LogP contribution < -0.4 is 0 Å². The van der Waals surface area contributed by atoms with Gasteiger partial charge in [0.2, 0.25) is 0 Å². The van der Waals surface area contributed by atoms with Crippen LogP contribution in [0.1, 0.15) is 26.7 Å². The molecular formula is C13H24N2O2. The van der Waals surface area contributed by atoms with Crippen molar-refractivity contribution in [2.75, 3.05) is 33.8 Å². The van der Waals surface area contributed by atoms with Crippen LogP contribution >= 0.6 is 0 Å². The Morgan fingerprint density at radius 1 is 1.41 bits per heavy atom. The summed E-state index contributed by atoms with van der Waals surface area (Å²) in [4.78, 5) is 16.9. The molecule has 3 aliphatic rings. The van der Waals surface area contributed by atoms with Crippen LogP contribution in [0.3, 0.4) is 0 Å². The zero-order chi connectivity index (χ0) is 12.6. The zero-order valence-electron chi connectivity index (χ0n) is 11.4. The van der Waals surface area contributed by atoms with Crippen LogP contribution in [0.2, 0.25) is 0 Å². The molecule has 3 aliphatic heterocycles. The number of piperidine rings is 3. The van der Waals surface area contributed by atoms with Gasteiger partial charge in [-0.25, -0.2) is 4.79 Å². The summed E-state index contributed by atoms with van der Waals surface area (Å²) >= 11 is 0. The van der Waals surface area contributed by atoms with E-state index in [-0.39, 0.29) is 5.97 Å². The number of methoxy groups -OCH3 is 1. The van der Waals surface area contributed by atoms with E-state index >= 15 is 0 Å². The first-order valence-electron chi connectivity index (χ1n) is 6.56. The van der Waals surface area contributed by atoms with Crippen LogP contribution in [0.4, 0.5) is 0 Å². The third-order valence-corrected chi connectivity index (χ3v) is 4.67. The van der Waals surface area contributed by atoms with Crippen LogP contribution in [0.15, 0.2) is 0 Å². The van der Waals surface area contributed by atoms with Gasteiger partial charge < -0.3 is 9.64 Å². The second-order valence-electron chi connectivity index (χ2n) is 5.67. The first-order valence-corrected chi connectivity index (χ1v) is 6.56. The lowest BCUT2D eigenvalue weighted by Gasteiger charge is -2.56. The van der Waals surface area contributed by atoms with Gasteiger partial charge in [-0.15, -0.1) is 0 Å². The van der Waals surface area contributed by atoms with E-state index in [1.165, 1.54) is 7.11 Å². The molecule has 0 saturated carbocycles. The van der Waals surface area contributed by atoms with Crippen LogP contribution in [0, 0.1) is 5.92 Å². The number of rotatable bonds is 3. The Bertz CT molecular complexity index is 294. The van der Waals surface area contributed by atoms with Gasteiger partial charge in [-0.3, -0.25) is 4.90 Å². The SMILES string of the molecule is COC(=O)C1(N(C)C(C)C)CN2CCC1CC2. The van der Waals surface area contributed by atoms with Crippen molar-refractivity contribution < 1.29 is 9.53 Å². The predicted octanol–water partition coefficient (Wildman–Crippen LogP) is 0.964. The molecule has 1 unspecified atom stereocenters. The van der Waals surface area contributed by atoms with Crippen molar-refractivity contribution in [2.45, 2.75) is 38.3 Å². The monoisotopic (exact) mass is 240 g/mol. The summed E-state index contributed by atoms with van der Waals surface area (Å²) in [6.07, 6.45) is 2.23. The summed E-state index contributed by atoms with van der Waals surface area (Å²) in [7, 11) is 3.57. The van der Waals surface area contributed by atoms with Gasteiger partial charge in [0.25, 0.3) is 0 Å². The minimum absolute atomic E-state index is 0.0527. The maximum absolute atomic E-state index is 12.3. The Labute approximate surface area is 104 Å². The molecule has 4 heteroatoms. The van der Waals surface area contributed by atoms with Gasteiger partial charge in [-0.1, -0.05) is 0 Å². The summed E-state index contributed by atoms with van der Waals surface area (Å²) in [5.41, 5.74) is -0.417. The molecule has 0 radical (unpaired) electrons. The van der Waals surface area contributed by atoms with E-state index < -0.39 is 5.54 Å². The fourth-order valence-electron chi connectivity index (χ4n) is 3.45. The maximum Gasteiger partial charge on any atom is 0.327 e. The molecule has 3 saturated heterocycles. The Hall–Kier alpha value is -0.610. The maximum atomic E-state index is 12.3. The molecule has 3 fully saturated rings. The van der Waals surface area contributed by atoms with E-state index in [0.717, 1.165) is 32.5 Å². The van der Waals surface area contributed by atoms with Crippen molar-refractivity contribution in [3.63, 3.8) is 0 Å². The second kappa shape index (κ2) is 4.58. The first-order chi connectivity index (χ1) is 8.02. The Morgan fingerprint density at radius 3 is 2.35 bits per heavy atom. The van der Waals surface area contributed by atoms with E-state index in [4.69, 9.17) is 4.74 Å². The highest BCUT2D eigenvalue weighted by atomic mass is 16.5. The summed E-state index contributed by atoms with van der Waals surface area (Å²) in [6, 6.07) is 0.356.